The van der Waals surface area contributed by atoms with E-state index in [1.807, 2.05) is 12.4 Å². The summed E-state index contributed by atoms with van der Waals surface area (Å²) >= 11 is 3.48. The largest absolute Gasteiger partial charge is 0.316 e. The molecule has 1 aromatic rings. The molecule has 0 bridgehead atoms. The SMILES string of the molecule is Brc1cncc(C2=C[C@H]3CCNC[C@H]3C2)c1. The zero-order valence-electron chi connectivity index (χ0n) is 9.12. The summed E-state index contributed by atoms with van der Waals surface area (Å²) in [5.74, 6) is 1.60. The van der Waals surface area contributed by atoms with E-state index in [1.54, 1.807) is 0 Å². The van der Waals surface area contributed by atoms with Gasteiger partial charge in [0.25, 0.3) is 0 Å². The lowest BCUT2D eigenvalue weighted by atomic mass is 9.89. The number of hydrogen-bond donors (Lipinski definition) is 1. The van der Waals surface area contributed by atoms with E-state index in [9.17, 15) is 0 Å². The van der Waals surface area contributed by atoms with Crippen LogP contribution in [0.4, 0.5) is 0 Å². The molecule has 1 N–H and O–H groups in total. The van der Waals surface area contributed by atoms with E-state index in [0.29, 0.717) is 0 Å². The molecule has 0 spiro atoms. The van der Waals surface area contributed by atoms with Gasteiger partial charge in [0.1, 0.15) is 0 Å². The average Bonchev–Trinajstić information content (AvgIpc) is 2.72. The second kappa shape index (κ2) is 4.30. The van der Waals surface area contributed by atoms with E-state index in [4.69, 9.17) is 0 Å². The van der Waals surface area contributed by atoms with E-state index in [1.165, 1.54) is 37.1 Å². The van der Waals surface area contributed by atoms with Crippen molar-refractivity contribution in [1.82, 2.24) is 10.3 Å². The lowest BCUT2D eigenvalue weighted by Crippen LogP contribution is -2.33. The molecule has 16 heavy (non-hydrogen) atoms. The molecule has 0 radical (unpaired) electrons. The van der Waals surface area contributed by atoms with Crippen molar-refractivity contribution in [2.45, 2.75) is 12.8 Å². The van der Waals surface area contributed by atoms with Crippen LogP contribution >= 0.6 is 15.9 Å². The highest BCUT2D eigenvalue weighted by molar-refractivity contribution is 9.10. The van der Waals surface area contributed by atoms with Crippen molar-refractivity contribution in [2.75, 3.05) is 13.1 Å². The molecule has 3 rings (SSSR count). The van der Waals surface area contributed by atoms with Gasteiger partial charge in [-0.1, -0.05) is 6.08 Å². The fourth-order valence-corrected chi connectivity index (χ4v) is 3.16. The van der Waals surface area contributed by atoms with Crippen LogP contribution in [0.1, 0.15) is 18.4 Å². The Kier molecular flexibility index (Phi) is 2.82. The molecule has 2 aliphatic rings. The molecule has 1 aromatic heterocycles. The number of pyridine rings is 1. The molecule has 2 heterocycles. The Balaban J connectivity index is 1.86. The van der Waals surface area contributed by atoms with Crippen molar-refractivity contribution >= 4 is 21.5 Å². The van der Waals surface area contributed by atoms with E-state index in [0.717, 1.165) is 16.3 Å². The molecule has 2 atom stereocenters. The van der Waals surface area contributed by atoms with Gasteiger partial charge in [-0.05, 0) is 70.9 Å². The van der Waals surface area contributed by atoms with Gasteiger partial charge < -0.3 is 5.32 Å². The Morgan fingerprint density at radius 3 is 3.12 bits per heavy atom. The van der Waals surface area contributed by atoms with E-state index >= 15 is 0 Å². The maximum absolute atomic E-state index is 4.24. The molecule has 2 nitrogen and oxygen atoms in total. The predicted molar refractivity (Wildman–Crippen MR) is 69.0 cm³/mol. The Morgan fingerprint density at radius 1 is 1.38 bits per heavy atom. The van der Waals surface area contributed by atoms with Crippen LogP contribution in [0.5, 0.6) is 0 Å². The van der Waals surface area contributed by atoms with Crippen molar-refractivity contribution in [1.29, 1.82) is 0 Å². The van der Waals surface area contributed by atoms with Gasteiger partial charge in [0.15, 0.2) is 0 Å². The van der Waals surface area contributed by atoms with Gasteiger partial charge >= 0.3 is 0 Å². The Hall–Kier alpha value is -0.670. The van der Waals surface area contributed by atoms with Crippen molar-refractivity contribution in [3.05, 3.63) is 34.6 Å². The van der Waals surface area contributed by atoms with Crippen LogP contribution in [0.3, 0.4) is 0 Å². The predicted octanol–water partition coefficient (Wildman–Crippen LogP) is 2.86. The highest BCUT2D eigenvalue weighted by Gasteiger charge is 2.30. The molecule has 0 saturated carbocycles. The van der Waals surface area contributed by atoms with Gasteiger partial charge in [-0.15, -0.1) is 0 Å². The summed E-state index contributed by atoms with van der Waals surface area (Å²) < 4.78 is 1.07. The average molecular weight is 279 g/mol. The van der Waals surface area contributed by atoms with Crippen LogP contribution in [0.25, 0.3) is 5.57 Å². The van der Waals surface area contributed by atoms with Crippen molar-refractivity contribution in [3.63, 3.8) is 0 Å². The third kappa shape index (κ3) is 1.94. The van der Waals surface area contributed by atoms with Crippen LogP contribution in [-0.2, 0) is 0 Å². The lowest BCUT2D eigenvalue weighted by Gasteiger charge is -2.25. The standard InChI is InChI=1S/C13H15BrN2/c14-13-5-12(7-16-8-13)10-3-9-1-2-15-6-11(9)4-10/h3,5,7-9,11,15H,1-2,4,6H2/t9-,11-/m1/s1. The van der Waals surface area contributed by atoms with Gasteiger partial charge in [-0.3, -0.25) is 4.98 Å². The van der Waals surface area contributed by atoms with Gasteiger partial charge in [-0.2, -0.15) is 0 Å². The summed E-state index contributed by atoms with van der Waals surface area (Å²) in [6.45, 7) is 2.34. The molecule has 1 saturated heterocycles. The topological polar surface area (TPSA) is 24.9 Å². The van der Waals surface area contributed by atoms with E-state index in [-0.39, 0.29) is 0 Å². The number of nitrogens with zero attached hydrogens (tertiary/aromatic N) is 1. The third-order valence-corrected chi connectivity index (χ3v) is 4.07. The zero-order chi connectivity index (χ0) is 11.0. The minimum absolute atomic E-state index is 0.787. The molecule has 1 aliphatic heterocycles. The fraction of sp³-hybridized carbons (Fsp3) is 0.462. The van der Waals surface area contributed by atoms with Crippen molar-refractivity contribution < 1.29 is 0 Å². The summed E-state index contributed by atoms with van der Waals surface area (Å²) in [5, 5.41) is 3.48. The summed E-state index contributed by atoms with van der Waals surface area (Å²) in [4.78, 5) is 4.24. The third-order valence-electron chi connectivity index (χ3n) is 3.64. The number of aromatic nitrogens is 1. The Labute approximate surface area is 104 Å². The molecule has 3 heteroatoms. The van der Waals surface area contributed by atoms with Gasteiger partial charge in [0.05, 0.1) is 0 Å². The van der Waals surface area contributed by atoms with Crippen LogP contribution in [0.15, 0.2) is 29.0 Å². The summed E-state index contributed by atoms with van der Waals surface area (Å²) in [6.07, 6.45) is 8.77. The number of piperidine rings is 1. The number of fused-ring (bicyclic) bond motifs is 1. The smallest absolute Gasteiger partial charge is 0.0410 e. The number of nitrogens with one attached hydrogen (secondary N) is 1. The minimum atomic E-state index is 0.787. The maximum atomic E-state index is 4.24. The monoisotopic (exact) mass is 278 g/mol. The summed E-state index contributed by atoms with van der Waals surface area (Å²) in [7, 11) is 0. The van der Waals surface area contributed by atoms with E-state index in [2.05, 4.69) is 38.4 Å². The molecule has 1 fully saturated rings. The first-order valence-corrected chi connectivity index (χ1v) is 6.64. The molecule has 1 aliphatic carbocycles. The molecule has 84 valence electrons. The summed E-state index contributed by atoms with van der Waals surface area (Å²) in [5.41, 5.74) is 2.76. The number of halogens is 1. The normalized spacial score (nSPS) is 28.7. The first-order chi connectivity index (χ1) is 7.83. The Bertz CT molecular complexity index is 428. The van der Waals surface area contributed by atoms with Gasteiger partial charge in [0.2, 0.25) is 0 Å². The summed E-state index contributed by atoms with van der Waals surface area (Å²) in [6, 6.07) is 2.17. The lowest BCUT2D eigenvalue weighted by molar-refractivity contribution is 0.324. The highest BCUT2D eigenvalue weighted by Crippen LogP contribution is 2.39. The highest BCUT2D eigenvalue weighted by atomic mass is 79.9. The first kappa shape index (κ1) is 10.5. The van der Waals surface area contributed by atoms with Crippen LogP contribution < -0.4 is 5.32 Å². The van der Waals surface area contributed by atoms with Crippen LogP contribution in [0.2, 0.25) is 0 Å². The quantitative estimate of drug-likeness (QED) is 0.855. The Morgan fingerprint density at radius 2 is 2.31 bits per heavy atom. The number of rotatable bonds is 1. The van der Waals surface area contributed by atoms with Crippen molar-refractivity contribution in [2.24, 2.45) is 11.8 Å². The second-order valence-electron chi connectivity index (χ2n) is 4.70. The van der Waals surface area contributed by atoms with Crippen molar-refractivity contribution in [3.8, 4) is 0 Å². The second-order valence-corrected chi connectivity index (χ2v) is 5.62. The zero-order valence-corrected chi connectivity index (χ0v) is 10.7. The molecular formula is C13H15BrN2. The molecular weight excluding hydrogens is 264 g/mol. The molecule has 0 unspecified atom stereocenters. The first-order valence-electron chi connectivity index (χ1n) is 5.85. The fourth-order valence-electron chi connectivity index (χ4n) is 2.80. The maximum Gasteiger partial charge on any atom is 0.0410 e. The number of allylic oxidation sites excluding steroid dienone is 2. The van der Waals surface area contributed by atoms with Crippen LogP contribution in [-0.4, -0.2) is 18.1 Å². The van der Waals surface area contributed by atoms with Gasteiger partial charge in [-0.25, -0.2) is 0 Å². The van der Waals surface area contributed by atoms with Crippen LogP contribution in [0, 0.1) is 11.8 Å². The van der Waals surface area contributed by atoms with E-state index < -0.39 is 0 Å². The molecule has 0 aromatic carbocycles. The number of hydrogen-bond acceptors (Lipinski definition) is 2. The molecule has 0 amide bonds. The van der Waals surface area contributed by atoms with Gasteiger partial charge in [0, 0.05) is 16.9 Å². The minimum Gasteiger partial charge on any atom is -0.316 e.